The van der Waals surface area contributed by atoms with Gasteiger partial charge in [0.05, 0.1) is 17.5 Å². The van der Waals surface area contributed by atoms with E-state index in [4.69, 9.17) is 22.7 Å². The zero-order valence-electron chi connectivity index (χ0n) is 10.5. The molecule has 0 aromatic carbocycles. The SMILES string of the molecule is CCOCCN(C)C(=O)C(C(N)=S)C(C)C. The second-order valence-corrected chi connectivity index (χ2v) is 4.55. The Kier molecular flexibility index (Phi) is 7.25. The number of nitrogens with two attached hydrogens (primary N) is 1. The van der Waals surface area contributed by atoms with Crippen molar-refractivity contribution in [1.29, 1.82) is 0 Å². The topological polar surface area (TPSA) is 55.6 Å². The fraction of sp³-hybridized carbons (Fsp3) is 0.818. The van der Waals surface area contributed by atoms with E-state index in [0.29, 0.717) is 19.8 Å². The summed E-state index contributed by atoms with van der Waals surface area (Å²) < 4.78 is 5.20. The average molecular weight is 246 g/mol. The van der Waals surface area contributed by atoms with Crippen LogP contribution in [0.4, 0.5) is 0 Å². The molecule has 0 aliphatic heterocycles. The molecule has 0 bridgehead atoms. The first-order chi connectivity index (χ1) is 7.41. The maximum atomic E-state index is 12.0. The van der Waals surface area contributed by atoms with Gasteiger partial charge < -0.3 is 15.4 Å². The Labute approximate surface area is 103 Å². The molecule has 5 heteroatoms. The van der Waals surface area contributed by atoms with E-state index in [-0.39, 0.29) is 22.7 Å². The molecule has 94 valence electrons. The first-order valence-electron chi connectivity index (χ1n) is 5.53. The molecule has 2 N–H and O–H groups in total. The number of thiocarbonyl (C=S) groups is 1. The standard InChI is InChI=1S/C11H22N2O2S/c1-5-15-7-6-13(4)11(14)9(8(2)3)10(12)16/h8-9H,5-7H2,1-4H3,(H2,12,16). The Morgan fingerprint density at radius 2 is 2.06 bits per heavy atom. The number of rotatable bonds is 7. The molecule has 0 heterocycles. The predicted molar refractivity (Wildman–Crippen MR) is 69.2 cm³/mol. The summed E-state index contributed by atoms with van der Waals surface area (Å²) in [6, 6.07) is 0. The van der Waals surface area contributed by atoms with Crippen molar-refractivity contribution in [1.82, 2.24) is 4.90 Å². The van der Waals surface area contributed by atoms with Gasteiger partial charge in [0.2, 0.25) is 5.91 Å². The van der Waals surface area contributed by atoms with Gasteiger partial charge in [0.15, 0.2) is 0 Å². The molecule has 16 heavy (non-hydrogen) atoms. The monoisotopic (exact) mass is 246 g/mol. The van der Waals surface area contributed by atoms with Crippen LogP contribution in [0.5, 0.6) is 0 Å². The summed E-state index contributed by atoms with van der Waals surface area (Å²) in [4.78, 5) is 13.9. The normalized spacial score (nSPS) is 12.6. The second-order valence-electron chi connectivity index (χ2n) is 4.08. The van der Waals surface area contributed by atoms with Crippen LogP contribution in [0.15, 0.2) is 0 Å². The van der Waals surface area contributed by atoms with Gasteiger partial charge in [-0.25, -0.2) is 0 Å². The van der Waals surface area contributed by atoms with Gasteiger partial charge in [-0.1, -0.05) is 26.1 Å². The van der Waals surface area contributed by atoms with Crippen molar-refractivity contribution in [3.05, 3.63) is 0 Å². The molecule has 0 spiro atoms. The summed E-state index contributed by atoms with van der Waals surface area (Å²) in [5.74, 6) is -0.275. The van der Waals surface area contributed by atoms with Crippen LogP contribution in [0.1, 0.15) is 20.8 Å². The van der Waals surface area contributed by atoms with E-state index >= 15 is 0 Å². The highest BCUT2D eigenvalue weighted by molar-refractivity contribution is 7.80. The van der Waals surface area contributed by atoms with E-state index in [0.717, 1.165) is 0 Å². The molecule has 0 rings (SSSR count). The largest absolute Gasteiger partial charge is 0.393 e. The quantitative estimate of drug-likeness (QED) is 0.539. The summed E-state index contributed by atoms with van der Waals surface area (Å²) in [7, 11) is 1.75. The Morgan fingerprint density at radius 3 is 2.44 bits per heavy atom. The number of ether oxygens (including phenoxy) is 1. The molecular weight excluding hydrogens is 224 g/mol. The lowest BCUT2D eigenvalue weighted by Crippen LogP contribution is -2.42. The van der Waals surface area contributed by atoms with Gasteiger partial charge in [0.25, 0.3) is 0 Å². The Bertz CT molecular complexity index is 244. The maximum absolute atomic E-state index is 12.0. The van der Waals surface area contributed by atoms with Crippen molar-refractivity contribution in [2.45, 2.75) is 20.8 Å². The van der Waals surface area contributed by atoms with Crippen LogP contribution >= 0.6 is 12.2 Å². The van der Waals surface area contributed by atoms with Gasteiger partial charge in [0.1, 0.15) is 0 Å². The molecule has 1 amide bonds. The lowest BCUT2D eigenvalue weighted by Gasteiger charge is -2.25. The Morgan fingerprint density at radius 1 is 1.50 bits per heavy atom. The van der Waals surface area contributed by atoms with E-state index < -0.39 is 0 Å². The van der Waals surface area contributed by atoms with Crippen molar-refractivity contribution < 1.29 is 9.53 Å². The second kappa shape index (κ2) is 7.57. The lowest BCUT2D eigenvalue weighted by molar-refractivity contribution is -0.133. The molecule has 0 fully saturated rings. The number of hydrogen-bond acceptors (Lipinski definition) is 3. The zero-order chi connectivity index (χ0) is 12.7. The lowest BCUT2D eigenvalue weighted by atomic mass is 9.94. The number of hydrogen-bond donors (Lipinski definition) is 1. The first-order valence-corrected chi connectivity index (χ1v) is 5.94. The third kappa shape index (κ3) is 4.90. The summed E-state index contributed by atoms with van der Waals surface area (Å²) in [6.07, 6.45) is 0. The molecule has 4 nitrogen and oxygen atoms in total. The van der Waals surface area contributed by atoms with E-state index in [9.17, 15) is 4.79 Å². The Balaban J connectivity index is 4.32. The highest BCUT2D eigenvalue weighted by Crippen LogP contribution is 2.14. The van der Waals surface area contributed by atoms with E-state index in [2.05, 4.69) is 0 Å². The van der Waals surface area contributed by atoms with Gasteiger partial charge in [-0.05, 0) is 12.8 Å². The average Bonchev–Trinajstić information content (AvgIpc) is 2.16. The Hall–Kier alpha value is -0.680. The van der Waals surface area contributed by atoms with E-state index in [1.165, 1.54) is 0 Å². The minimum Gasteiger partial charge on any atom is -0.393 e. The molecule has 1 unspecified atom stereocenters. The third-order valence-electron chi connectivity index (χ3n) is 2.39. The molecule has 0 saturated carbocycles. The summed E-state index contributed by atoms with van der Waals surface area (Å²) in [6.45, 7) is 7.58. The predicted octanol–water partition coefficient (Wildman–Crippen LogP) is 1.04. The van der Waals surface area contributed by atoms with Gasteiger partial charge in [-0.3, -0.25) is 4.79 Å². The molecule has 1 atom stereocenters. The van der Waals surface area contributed by atoms with Crippen molar-refractivity contribution >= 4 is 23.1 Å². The van der Waals surface area contributed by atoms with Crippen LogP contribution in [0.3, 0.4) is 0 Å². The summed E-state index contributed by atoms with van der Waals surface area (Å²) in [5.41, 5.74) is 5.58. The minimum atomic E-state index is -0.373. The highest BCUT2D eigenvalue weighted by atomic mass is 32.1. The third-order valence-corrected chi connectivity index (χ3v) is 2.64. The van der Waals surface area contributed by atoms with Gasteiger partial charge in [0, 0.05) is 20.2 Å². The van der Waals surface area contributed by atoms with Crippen LogP contribution in [0.2, 0.25) is 0 Å². The summed E-state index contributed by atoms with van der Waals surface area (Å²) >= 11 is 4.92. The number of carbonyl (C=O) groups is 1. The summed E-state index contributed by atoms with van der Waals surface area (Å²) in [5, 5.41) is 0. The van der Waals surface area contributed by atoms with Gasteiger partial charge in [-0.2, -0.15) is 0 Å². The minimum absolute atomic E-state index is 0.0257. The van der Waals surface area contributed by atoms with Crippen molar-refractivity contribution in [3.63, 3.8) is 0 Å². The van der Waals surface area contributed by atoms with Crippen LogP contribution in [0.25, 0.3) is 0 Å². The molecule has 0 radical (unpaired) electrons. The first kappa shape index (κ1) is 15.3. The van der Waals surface area contributed by atoms with Gasteiger partial charge >= 0.3 is 0 Å². The molecular formula is C11H22N2O2S. The van der Waals surface area contributed by atoms with Crippen molar-refractivity contribution in [2.75, 3.05) is 26.8 Å². The van der Waals surface area contributed by atoms with Crippen LogP contribution in [-0.2, 0) is 9.53 Å². The molecule has 0 aliphatic rings. The van der Waals surface area contributed by atoms with Crippen LogP contribution < -0.4 is 5.73 Å². The van der Waals surface area contributed by atoms with Crippen LogP contribution in [-0.4, -0.2) is 42.6 Å². The molecule has 0 aromatic rings. The molecule has 0 saturated heterocycles. The highest BCUT2D eigenvalue weighted by Gasteiger charge is 2.27. The number of nitrogens with zero attached hydrogens (tertiary/aromatic N) is 1. The number of amides is 1. The van der Waals surface area contributed by atoms with Gasteiger partial charge in [-0.15, -0.1) is 0 Å². The maximum Gasteiger partial charge on any atom is 0.232 e. The fourth-order valence-corrected chi connectivity index (χ4v) is 1.80. The zero-order valence-corrected chi connectivity index (χ0v) is 11.3. The molecule has 0 aromatic heterocycles. The molecule has 0 aliphatic carbocycles. The van der Waals surface area contributed by atoms with E-state index in [1.54, 1.807) is 11.9 Å². The van der Waals surface area contributed by atoms with E-state index in [1.807, 2.05) is 20.8 Å². The number of likely N-dealkylation sites (N-methyl/N-ethyl adjacent to an activating group) is 1. The smallest absolute Gasteiger partial charge is 0.232 e. The van der Waals surface area contributed by atoms with Crippen LogP contribution in [0, 0.1) is 11.8 Å². The fourth-order valence-electron chi connectivity index (χ4n) is 1.43. The number of carbonyl (C=O) groups excluding carboxylic acids is 1. The van der Waals surface area contributed by atoms with Crippen molar-refractivity contribution in [3.8, 4) is 0 Å². The van der Waals surface area contributed by atoms with Crippen molar-refractivity contribution in [2.24, 2.45) is 17.6 Å².